The Labute approximate surface area is 215 Å². The first-order valence-corrected chi connectivity index (χ1v) is 13.5. The Balaban J connectivity index is 1.66. The SMILES string of the molecule is Cc1cn2c(=O)nc1[C@H]1N(C(=O)NC(=O)[C@@]1(C)S)[C@H]1C[C@H](O)[C@@H](COP(=O)(O)O[C@H]3C[C@H]2O[C@@H]3CO)O1. The lowest BCUT2D eigenvalue weighted by Crippen LogP contribution is -2.65. The van der Waals surface area contributed by atoms with Crippen molar-refractivity contribution in [1.82, 2.24) is 19.8 Å². The van der Waals surface area contributed by atoms with Crippen LogP contribution in [0.15, 0.2) is 11.0 Å². The number of hydrogen-bond donors (Lipinski definition) is 5. The maximum Gasteiger partial charge on any atom is 0.472 e. The Morgan fingerprint density at radius 2 is 1.97 bits per heavy atom. The van der Waals surface area contributed by atoms with E-state index in [1.54, 1.807) is 6.92 Å². The minimum Gasteiger partial charge on any atom is -0.394 e. The van der Waals surface area contributed by atoms with Crippen LogP contribution in [0.1, 0.15) is 43.3 Å². The number of phosphoric acid groups is 1. The average molecular weight is 562 g/mol. The maximum atomic E-state index is 13.2. The molecule has 6 rings (SSSR count). The highest BCUT2D eigenvalue weighted by molar-refractivity contribution is 7.82. The zero-order chi connectivity index (χ0) is 26.9. The van der Waals surface area contributed by atoms with Crippen molar-refractivity contribution in [3.63, 3.8) is 0 Å². The number of hydrogen-bond acceptors (Lipinski definition) is 12. The number of fused-ring (bicyclic) bond motifs is 5. The molecule has 0 aliphatic carbocycles. The number of imide groups is 1. The average Bonchev–Trinajstić information content (AvgIpc) is 3.38. The van der Waals surface area contributed by atoms with Crippen LogP contribution in [0.2, 0.25) is 0 Å². The van der Waals surface area contributed by atoms with Crippen LogP contribution in [0.5, 0.6) is 0 Å². The second-order valence-electron chi connectivity index (χ2n) is 9.60. The van der Waals surface area contributed by atoms with E-state index in [-0.39, 0.29) is 18.5 Å². The summed E-state index contributed by atoms with van der Waals surface area (Å²) in [6, 6.07) is -2.03. The van der Waals surface area contributed by atoms with E-state index in [4.69, 9.17) is 18.5 Å². The van der Waals surface area contributed by atoms with Crippen LogP contribution < -0.4 is 11.0 Å². The largest absolute Gasteiger partial charge is 0.472 e. The molecule has 0 radical (unpaired) electrons. The van der Waals surface area contributed by atoms with Gasteiger partial charge in [-0.15, -0.1) is 0 Å². The number of ether oxygens (including phenoxy) is 2. The van der Waals surface area contributed by atoms with Gasteiger partial charge in [0.05, 0.1) is 25.0 Å². The molecule has 5 aliphatic heterocycles. The van der Waals surface area contributed by atoms with Crippen LogP contribution in [-0.2, 0) is 27.9 Å². The Morgan fingerprint density at radius 3 is 2.68 bits per heavy atom. The van der Waals surface area contributed by atoms with E-state index < -0.39 is 86.3 Å². The highest BCUT2D eigenvalue weighted by Gasteiger charge is 2.55. The summed E-state index contributed by atoms with van der Waals surface area (Å²) in [4.78, 5) is 54.6. The van der Waals surface area contributed by atoms with Gasteiger partial charge in [0.15, 0.2) is 0 Å². The lowest BCUT2D eigenvalue weighted by Gasteiger charge is -2.46. The number of nitrogens with one attached hydrogen (secondary N) is 1. The number of carbonyl (C=O) groups excluding carboxylic acids is 2. The van der Waals surface area contributed by atoms with Gasteiger partial charge in [0, 0.05) is 19.0 Å². The van der Waals surface area contributed by atoms with E-state index in [0.29, 0.717) is 5.56 Å². The number of aryl methyl sites for hydroxylation is 1. The zero-order valence-corrected chi connectivity index (χ0v) is 21.6. The summed E-state index contributed by atoms with van der Waals surface area (Å²) < 4.78 is 34.1. The van der Waals surface area contributed by atoms with Crippen molar-refractivity contribution >= 4 is 32.4 Å². The van der Waals surface area contributed by atoms with E-state index >= 15 is 0 Å². The fourth-order valence-electron chi connectivity index (χ4n) is 5.11. The first-order chi connectivity index (χ1) is 17.3. The summed E-state index contributed by atoms with van der Waals surface area (Å²) in [6.07, 6.45) is -5.44. The van der Waals surface area contributed by atoms with Gasteiger partial charge in [-0.1, -0.05) is 0 Å². The smallest absolute Gasteiger partial charge is 0.394 e. The van der Waals surface area contributed by atoms with Gasteiger partial charge in [0.2, 0.25) is 5.91 Å². The highest BCUT2D eigenvalue weighted by atomic mass is 32.1. The molecule has 3 fully saturated rings. The van der Waals surface area contributed by atoms with E-state index in [1.807, 2.05) is 0 Å². The van der Waals surface area contributed by atoms with Crippen molar-refractivity contribution in [2.75, 3.05) is 13.2 Å². The van der Waals surface area contributed by atoms with Crippen molar-refractivity contribution in [3.05, 3.63) is 27.9 Å². The predicted molar refractivity (Wildman–Crippen MR) is 124 cm³/mol. The van der Waals surface area contributed by atoms with Crippen LogP contribution in [0, 0.1) is 6.92 Å². The fourth-order valence-corrected chi connectivity index (χ4v) is 6.37. The number of nitrogens with zero attached hydrogens (tertiary/aromatic N) is 3. The number of aromatic nitrogens is 2. The van der Waals surface area contributed by atoms with E-state index in [9.17, 15) is 34.1 Å². The molecule has 0 aromatic carbocycles. The first-order valence-electron chi connectivity index (χ1n) is 11.5. The molecule has 4 N–H and O–H groups in total. The number of amides is 3. The van der Waals surface area contributed by atoms with Crippen LogP contribution in [-0.4, -0.2) is 90.1 Å². The van der Waals surface area contributed by atoms with Gasteiger partial charge in [0.25, 0.3) is 0 Å². The zero-order valence-electron chi connectivity index (χ0n) is 19.8. The summed E-state index contributed by atoms with van der Waals surface area (Å²) in [5.74, 6) is -0.716. The molecule has 3 amide bonds. The molecule has 1 unspecified atom stereocenters. The summed E-state index contributed by atoms with van der Waals surface area (Å²) in [6.45, 7) is 1.95. The third-order valence-corrected chi connectivity index (χ3v) is 8.47. The molecule has 204 valence electrons. The second kappa shape index (κ2) is 9.39. The van der Waals surface area contributed by atoms with Gasteiger partial charge >= 0.3 is 19.5 Å². The predicted octanol–water partition coefficient (Wildman–Crippen LogP) is -0.895. The molecular weight excluding hydrogens is 535 g/mol. The summed E-state index contributed by atoms with van der Waals surface area (Å²) >= 11 is 4.52. The Hall–Kier alpha value is -1.88. The fraction of sp³-hybridized carbons (Fsp3) is 0.700. The molecule has 6 bridgehead atoms. The molecule has 1 aromatic rings. The minimum absolute atomic E-state index is 0.0924. The standard InChI is InChI=1S/C20H27N4O11PS/c1-8-5-23-13-4-10(11(6-25)33-13)35-36(30,31)32-7-12-9(26)3-14(34-12)24-16(15(8)21-18(23)28)20(2,37)17(27)22-19(24)29/h5,9-14,16,25-26,37H,3-4,6-7H2,1-2H3,(H,30,31)(H,22,27,29)/t9-,10-,11+,12+,13+,14+,16+,20-/m0/s1. The monoisotopic (exact) mass is 562 g/mol. The van der Waals surface area contributed by atoms with Gasteiger partial charge in [-0.3, -0.25) is 28.6 Å². The number of urea groups is 1. The van der Waals surface area contributed by atoms with Crippen LogP contribution >= 0.6 is 20.5 Å². The van der Waals surface area contributed by atoms with Crippen molar-refractivity contribution in [1.29, 1.82) is 0 Å². The third-order valence-electron chi connectivity index (χ3n) is 7.01. The molecule has 15 nitrogen and oxygen atoms in total. The number of phosphoric ester groups is 1. The summed E-state index contributed by atoms with van der Waals surface area (Å²) in [5.41, 5.74) is -0.299. The lowest BCUT2D eigenvalue weighted by atomic mass is 9.90. The van der Waals surface area contributed by atoms with Gasteiger partial charge in [-0.05, 0) is 19.4 Å². The summed E-state index contributed by atoms with van der Waals surface area (Å²) in [5, 5.41) is 22.5. The quantitative estimate of drug-likeness (QED) is 0.209. The Morgan fingerprint density at radius 1 is 1.24 bits per heavy atom. The van der Waals surface area contributed by atoms with Gasteiger partial charge in [-0.25, -0.2) is 14.2 Å². The third kappa shape index (κ3) is 4.64. The molecule has 9 atom stereocenters. The topological polar surface area (TPSA) is 199 Å². The Kier molecular flexibility index (Phi) is 6.78. The van der Waals surface area contributed by atoms with Crippen molar-refractivity contribution in [2.24, 2.45) is 0 Å². The van der Waals surface area contributed by atoms with Gasteiger partial charge < -0.3 is 24.6 Å². The molecule has 0 spiro atoms. The van der Waals surface area contributed by atoms with E-state index in [0.717, 1.165) is 9.47 Å². The van der Waals surface area contributed by atoms with Gasteiger partial charge in [-0.2, -0.15) is 17.6 Å². The molecule has 6 heterocycles. The minimum atomic E-state index is -4.73. The molecule has 17 heteroatoms. The first kappa shape index (κ1) is 26.7. The normalized spacial score (nSPS) is 42.1. The molecule has 3 saturated heterocycles. The van der Waals surface area contributed by atoms with Crippen molar-refractivity contribution in [3.8, 4) is 0 Å². The van der Waals surface area contributed by atoms with E-state index in [2.05, 4.69) is 22.9 Å². The molecule has 1 aromatic heterocycles. The van der Waals surface area contributed by atoms with E-state index in [1.165, 1.54) is 13.1 Å². The number of rotatable bonds is 1. The number of carbonyl (C=O) groups is 2. The molecule has 5 aliphatic rings. The lowest BCUT2D eigenvalue weighted by molar-refractivity contribution is -0.131. The number of aliphatic hydroxyl groups excluding tert-OH is 2. The Bertz CT molecular complexity index is 1230. The highest BCUT2D eigenvalue weighted by Crippen LogP contribution is 2.49. The van der Waals surface area contributed by atoms with Crippen LogP contribution in [0.3, 0.4) is 0 Å². The van der Waals surface area contributed by atoms with Crippen LogP contribution in [0.4, 0.5) is 4.79 Å². The number of thiol groups is 1. The molecular formula is C20H27N4O11PS. The summed E-state index contributed by atoms with van der Waals surface area (Å²) in [7, 11) is -4.73. The van der Waals surface area contributed by atoms with Crippen LogP contribution in [0.25, 0.3) is 0 Å². The molecule has 0 saturated carbocycles. The van der Waals surface area contributed by atoms with Crippen molar-refractivity contribution in [2.45, 2.75) is 74.3 Å². The van der Waals surface area contributed by atoms with Gasteiger partial charge in [0.1, 0.15) is 41.6 Å². The van der Waals surface area contributed by atoms with Crippen molar-refractivity contribution < 1.29 is 47.8 Å². The molecule has 37 heavy (non-hydrogen) atoms. The second-order valence-corrected chi connectivity index (χ2v) is 11.9. The number of aliphatic hydroxyl groups is 2. The maximum absolute atomic E-state index is 13.2.